The van der Waals surface area contributed by atoms with Gasteiger partial charge >= 0.3 is 6.18 Å². The van der Waals surface area contributed by atoms with E-state index in [0.717, 1.165) is 24.2 Å². The molecule has 1 fully saturated rings. The minimum Gasteiger partial charge on any atom is -0.491 e. The molecule has 3 aromatic rings. The summed E-state index contributed by atoms with van der Waals surface area (Å²) >= 11 is 0. The van der Waals surface area contributed by atoms with Gasteiger partial charge in [-0.15, -0.1) is 0 Å². The SMILES string of the molecule is COc1cc(-c2ccc3c(n2)C(N2CCCN(C)CC2)N(c2cnn(CC(F)(F)F)c2)C3=O)cnc1OC. The first-order valence-corrected chi connectivity index (χ1v) is 12.1. The lowest BCUT2D eigenvalue weighted by molar-refractivity contribution is -0.142. The zero-order valence-corrected chi connectivity index (χ0v) is 21.3. The van der Waals surface area contributed by atoms with Gasteiger partial charge in [0, 0.05) is 37.6 Å². The highest BCUT2D eigenvalue weighted by molar-refractivity contribution is 6.10. The number of carbonyl (C=O) groups is 1. The highest BCUT2D eigenvalue weighted by atomic mass is 19.4. The van der Waals surface area contributed by atoms with Crippen LogP contribution in [0.5, 0.6) is 11.6 Å². The molecule has 1 atom stereocenters. The lowest BCUT2D eigenvalue weighted by Gasteiger charge is -2.33. The van der Waals surface area contributed by atoms with Crippen molar-refractivity contribution in [3.8, 4) is 22.9 Å². The summed E-state index contributed by atoms with van der Waals surface area (Å²) in [7, 11) is 5.05. The Morgan fingerprint density at radius 3 is 2.63 bits per heavy atom. The van der Waals surface area contributed by atoms with Crippen molar-refractivity contribution in [2.75, 3.05) is 52.3 Å². The van der Waals surface area contributed by atoms with Crippen LogP contribution in [-0.4, -0.2) is 89.1 Å². The number of methoxy groups -OCH3 is 2. The summed E-state index contributed by atoms with van der Waals surface area (Å²) in [5.74, 6) is 0.439. The van der Waals surface area contributed by atoms with E-state index in [4.69, 9.17) is 14.5 Å². The van der Waals surface area contributed by atoms with Crippen molar-refractivity contribution in [2.24, 2.45) is 0 Å². The number of rotatable bonds is 6. The third kappa shape index (κ3) is 5.03. The standard InChI is InChI=1S/C25H28F3N7O3/c1-32-7-4-8-33(10-9-32)23-21-18(24(36)35(23)17-13-30-34(14-17)15-25(26,27)28)5-6-19(31-21)16-11-20(37-2)22(38-3)29-12-16/h5-6,11-14,23H,4,7-10,15H2,1-3H3. The number of ether oxygens (including phenoxy) is 2. The second-order valence-corrected chi connectivity index (χ2v) is 9.32. The minimum absolute atomic E-state index is 0.286. The smallest absolute Gasteiger partial charge is 0.408 e. The first-order chi connectivity index (χ1) is 18.2. The van der Waals surface area contributed by atoms with Crippen molar-refractivity contribution in [3.05, 3.63) is 48.0 Å². The number of alkyl halides is 3. The van der Waals surface area contributed by atoms with Crippen LogP contribution in [0.3, 0.4) is 0 Å². The molecule has 0 saturated carbocycles. The van der Waals surface area contributed by atoms with E-state index in [1.807, 2.05) is 7.05 Å². The van der Waals surface area contributed by atoms with Crippen LogP contribution in [0.25, 0.3) is 11.3 Å². The quantitative estimate of drug-likeness (QED) is 0.479. The number of carbonyl (C=O) groups excluding carboxylic acids is 1. The molecule has 0 spiro atoms. The van der Waals surface area contributed by atoms with Crippen LogP contribution < -0.4 is 14.4 Å². The number of likely N-dealkylation sites (N-methyl/N-ethyl adjacent to an activating group) is 1. The van der Waals surface area contributed by atoms with E-state index in [1.54, 1.807) is 24.4 Å². The Morgan fingerprint density at radius 1 is 1.08 bits per heavy atom. The molecule has 1 unspecified atom stereocenters. The molecule has 0 aliphatic carbocycles. The van der Waals surface area contributed by atoms with Crippen molar-refractivity contribution >= 4 is 11.6 Å². The van der Waals surface area contributed by atoms with Gasteiger partial charge in [0.15, 0.2) is 5.75 Å². The Balaban J connectivity index is 1.57. The van der Waals surface area contributed by atoms with Crippen LogP contribution in [0.1, 0.15) is 28.6 Å². The Bertz CT molecular complexity index is 1330. The molecule has 38 heavy (non-hydrogen) atoms. The lowest BCUT2D eigenvalue weighted by atomic mass is 10.1. The fourth-order valence-electron chi connectivity index (χ4n) is 4.90. The van der Waals surface area contributed by atoms with Crippen molar-refractivity contribution in [2.45, 2.75) is 25.3 Å². The van der Waals surface area contributed by atoms with Gasteiger partial charge in [-0.25, -0.2) is 9.97 Å². The number of halogens is 3. The van der Waals surface area contributed by atoms with Gasteiger partial charge in [-0.05, 0) is 38.2 Å². The number of fused-ring (bicyclic) bond motifs is 1. The number of nitrogens with zero attached hydrogens (tertiary/aromatic N) is 7. The van der Waals surface area contributed by atoms with Gasteiger partial charge in [-0.2, -0.15) is 18.3 Å². The van der Waals surface area contributed by atoms with Crippen LogP contribution in [0, 0.1) is 0 Å². The number of pyridine rings is 2. The molecular formula is C25H28F3N7O3. The number of hydrogen-bond acceptors (Lipinski definition) is 8. The molecule has 13 heteroatoms. The Morgan fingerprint density at radius 2 is 1.89 bits per heavy atom. The second kappa shape index (κ2) is 10.2. The molecule has 2 aliphatic heterocycles. The molecule has 3 aromatic heterocycles. The zero-order chi connectivity index (χ0) is 27.0. The van der Waals surface area contributed by atoms with Gasteiger partial charge in [0.05, 0.1) is 43.1 Å². The maximum absolute atomic E-state index is 13.7. The van der Waals surface area contributed by atoms with Crippen molar-refractivity contribution in [1.29, 1.82) is 0 Å². The van der Waals surface area contributed by atoms with Crippen molar-refractivity contribution in [1.82, 2.24) is 29.5 Å². The molecule has 202 valence electrons. The Kier molecular flexibility index (Phi) is 6.97. The second-order valence-electron chi connectivity index (χ2n) is 9.32. The van der Waals surface area contributed by atoms with Gasteiger partial charge in [-0.3, -0.25) is 19.3 Å². The summed E-state index contributed by atoms with van der Waals surface area (Å²) < 4.78 is 50.4. The molecule has 0 bridgehead atoms. The molecule has 10 nitrogen and oxygen atoms in total. The van der Waals surface area contributed by atoms with Gasteiger partial charge in [0.2, 0.25) is 0 Å². The predicted molar refractivity (Wildman–Crippen MR) is 132 cm³/mol. The van der Waals surface area contributed by atoms with Crippen molar-refractivity contribution in [3.63, 3.8) is 0 Å². The van der Waals surface area contributed by atoms with E-state index in [0.29, 0.717) is 47.2 Å². The number of hydrogen-bond donors (Lipinski definition) is 0. The normalized spacial score (nSPS) is 18.9. The van der Waals surface area contributed by atoms with E-state index >= 15 is 0 Å². The van der Waals surface area contributed by atoms with Crippen molar-refractivity contribution < 1.29 is 27.4 Å². The minimum atomic E-state index is -4.43. The third-order valence-electron chi connectivity index (χ3n) is 6.73. The average molecular weight is 532 g/mol. The topological polar surface area (TPSA) is 88.9 Å². The van der Waals surface area contributed by atoms with E-state index in [9.17, 15) is 18.0 Å². The summed E-state index contributed by atoms with van der Waals surface area (Å²) in [5.41, 5.74) is 2.47. The first-order valence-electron chi connectivity index (χ1n) is 12.1. The fourth-order valence-corrected chi connectivity index (χ4v) is 4.90. The fraction of sp³-hybridized carbons (Fsp3) is 0.440. The van der Waals surface area contributed by atoms with Crippen LogP contribution in [-0.2, 0) is 6.54 Å². The van der Waals surface area contributed by atoms with Crippen LogP contribution in [0.4, 0.5) is 18.9 Å². The lowest BCUT2D eigenvalue weighted by Crippen LogP contribution is -2.42. The van der Waals surface area contributed by atoms with E-state index < -0.39 is 18.9 Å². The van der Waals surface area contributed by atoms with Gasteiger partial charge in [0.25, 0.3) is 11.8 Å². The Labute approximate surface area is 217 Å². The van der Waals surface area contributed by atoms with E-state index in [-0.39, 0.29) is 11.6 Å². The maximum atomic E-state index is 13.7. The summed E-state index contributed by atoms with van der Waals surface area (Å²) in [5, 5.41) is 3.88. The van der Waals surface area contributed by atoms with Crippen LogP contribution in [0.2, 0.25) is 0 Å². The molecule has 0 radical (unpaired) electrons. The molecule has 5 heterocycles. The van der Waals surface area contributed by atoms with E-state index in [2.05, 4.69) is 19.9 Å². The largest absolute Gasteiger partial charge is 0.491 e. The third-order valence-corrected chi connectivity index (χ3v) is 6.73. The van der Waals surface area contributed by atoms with E-state index in [1.165, 1.54) is 31.5 Å². The van der Waals surface area contributed by atoms with Gasteiger partial charge in [-0.1, -0.05) is 0 Å². The molecule has 5 rings (SSSR count). The molecular weight excluding hydrogens is 503 g/mol. The highest BCUT2D eigenvalue weighted by Crippen LogP contribution is 2.40. The summed E-state index contributed by atoms with van der Waals surface area (Å²) in [4.78, 5) is 28.7. The number of amides is 1. The highest BCUT2D eigenvalue weighted by Gasteiger charge is 2.43. The molecule has 1 saturated heterocycles. The zero-order valence-electron chi connectivity index (χ0n) is 21.3. The molecule has 0 aromatic carbocycles. The van der Waals surface area contributed by atoms with Crippen LogP contribution in [0.15, 0.2) is 36.8 Å². The number of aromatic nitrogens is 4. The summed E-state index contributed by atoms with van der Waals surface area (Å²) in [6.07, 6.45) is 0.0121. The average Bonchev–Trinajstić information content (AvgIpc) is 3.37. The Hall–Kier alpha value is -3.71. The first kappa shape index (κ1) is 25.9. The summed E-state index contributed by atoms with van der Waals surface area (Å²) in [6.45, 7) is 1.79. The summed E-state index contributed by atoms with van der Waals surface area (Å²) in [6, 6.07) is 5.18. The molecule has 1 amide bonds. The van der Waals surface area contributed by atoms with Gasteiger partial charge in [0.1, 0.15) is 12.7 Å². The molecule has 0 N–H and O–H groups in total. The number of anilines is 1. The predicted octanol–water partition coefficient (Wildman–Crippen LogP) is 3.22. The van der Waals surface area contributed by atoms with Crippen LogP contribution >= 0.6 is 0 Å². The molecule has 2 aliphatic rings. The monoisotopic (exact) mass is 531 g/mol. The van der Waals surface area contributed by atoms with Gasteiger partial charge < -0.3 is 14.4 Å². The maximum Gasteiger partial charge on any atom is 0.408 e.